The van der Waals surface area contributed by atoms with Gasteiger partial charge in [0, 0.05) is 45.2 Å². The van der Waals surface area contributed by atoms with Crippen molar-refractivity contribution in [2.75, 3.05) is 32.1 Å². The second kappa shape index (κ2) is 9.66. The minimum absolute atomic E-state index is 0.0616. The Morgan fingerprint density at radius 3 is 2.59 bits per heavy atom. The monoisotopic (exact) mass is 346 g/mol. The van der Waals surface area contributed by atoms with Crippen LogP contribution in [0.1, 0.15) is 19.8 Å². The highest BCUT2D eigenvalue weighted by Gasteiger charge is 2.12. The van der Waals surface area contributed by atoms with E-state index in [0.29, 0.717) is 35.4 Å². The van der Waals surface area contributed by atoms with E-state index in [-0.39, 0.29) is 18.2 Å². The third kappa shape index (κ3) is 6.64. The van der Waals surface area contributed by atoms with Gasteiger partial charge in [0.05, 0.1) is 10.7 Å². The fraction of sp³-hybridized carbons (Fsp3) is 0.467. The summed E-state index contributed by atoms with van der Waals surface area (Å²) in [6.45, 7) is 2.99. The van der Waals surface area contributed by atoms with Crippen molar-refractivity contribution in [2.24, 2.45) is 0 Å². The number of methoxy groups -OCH3 is 1. The molecule has 0 heterocycles. The lowest BCUT2D eigenvalue weighted by atomic mass is 10.3. The Bertz CT molecular complexity index is 524. The maximum absolute atomic E-state index is 11.9. The second-order valence-corrected chi connectivity index (χ2v) is 5.62. The first-order valence-electron chi connectivity index (χ1n) is 6.93. The molecule has 0 atom stereocenters. The lowest BCUT2D eigenvalue weighted by Crippen LogP contribution is -2.33. The molecule has 1 rings (SSSR count). The Kier molecular flexibility index (Phi) is 8.24. The van der Waals surface area contributed by atoms with E-state index < -0.39 is 0 Å². The average Bonchev–Trinajstić information content (AvgIpc) is 2.45. The number of carbonyl (C=O) groups is 2. The number of nitrogens with one attached hydrogen (secondary N) is 1. The molecular formula is C15H20Cl2N2O3. The Morgan fingerprint density at radius 2 is 2.00 bits per heavy atom. The van der Waals surface area contributed by atoms with Gasteiger partial charge >= 0.3 is 0 Å². The summed E-state index contributed by atoms with van der Waals surface area (Å²) >= 11 is 11.8. The van der Waals surface area contributed by atoms with E-state index in [1.165, 1.54) is 6.92 Å². The summed E-state index contributed by atoms with van der Waals surface area (Å²) in [4.78, 5) is 25.1. The smallest absolute Gasteiger partial charge is 0.226 e. The maximum atomic E-state index is 11.9. The highest BCUT2D eigenvalue weighted by Crippen LogP contribution is 2.25. The number of carbonyl (C=O) groups excluding carboxylic acids is 2. The van der Waals surface area contributed by atoms with Crippen LogP contribution in [0.2, 0.25) is 10.0 Å². The lowest BCUT2D eigenvalue weighted by molar-refractivity contribution is -0.129. The number of hydrogen-bond acceptors (Lipinski definition) is 3. The molecular weight excluding hydrogens is 327 g/mol. The number of nitrogens with zero attached hydrogens (tertiary/aromatic N) is 1. The Balaban J connectivity index is 2.47. The van der Waals surface area contributed by atoms with E-state index in [0.717, 1.165) is 6.42 Å². The Hall–Kier alpha value is -1.30. The number of halogens is 2. The van der Waals surface area contributed by atoms with Crippen LogP contribution >= 0.6 is 23.2 Å². The predicted octanol–water partition coefficient (Wildman–Crippen LogP) is 3.21. The number of rotatable bonds is 8. The summed E-state index contributed by atoms with van der Waals surface area (Å²) < 4.78 is 4.96. The zero-order valence-electron chi connectivity index (χ0n) is 12.7. The quantitative estimate of drug-likeness (QED) is 0.735. The van der Waals surface area contributed by atoms with Gasteiger partial charge in [0.2, 0.25) is 11.8 Å². The van der Waals surface area contributed by atoms with E-state index in [1.807, 2.05) is 0 Å². The van der Waals surface area contributed by atoms with Gasteiger partial charge in [-0.3, -0.25) is 9.59 Å². The Labute approximate surface area is 140 Å². The normalized spacial score (nSPS) is 10.4. The molecule has 0 saturated carbocycles. The van der Waals surface area contributed by atoms with Crippen LogP contribution in [0.3, 0.4) is 0 Å². The van der Waals surface area contributed by atoms with E-state index in [2.05, 4.69) is 5.32 Å². The van der Waals surface area contributed by atoms with Crippen LogP contribution in [-0.2, 0) is 14.3 Å². The molecule has 1 N–H and O–H groups in total. The number of anilines is 1. The van der Waals surface area contributed by atoms with Crippen molar-refractivity contribution >= 4 is 40.7 Å². The third-order valence-corrected chi connectivity index (χ3v) is 3.58. The minimum atomic E-state index is -0.206. The molecule has 0 aliphatic carbocycles. The molecule has 122 valence electrons. The number of hydrogen-bond donors (Lipinski definition) is 1. The van der Waals surface area contributed by atoms with Crippen LogP contribution < -0.4 is 5.32 Å². The summed E-state index contributed by atoms with van der Waals surface area (Å²) in [7, 11) is 1.61. The van der Waals surface area contributed by atoms with Gasteiger partial charge in [-0.25, -0.2) is 0 Å². The highest BCUT2D eigenvalue weighted by molar-refractivity contribution is 6.36. The third-order valence-electron chi connectivity index (χ3n) is 3.04. The predicted molar refractivity (Wildman–Crippen MR) is 88.5 cm³/mol. The number of ether oxygens (including phenoxy) is 1. The molecule has 5 nitrogen and oxygen atoms in total. The van der Waals surface area contributed by atoms with Crippen molar-refractivity contribution in [3.63, 3.8) is 0 Å². The molecule has 0 unspecified atom stereocenters. The van der Waals surface area contributed by atoms with Crippen LogP contribution in [0, 0.1) is 0 Å². The fourth-order valence-electron chi connectivity index (χ4n) is 1.87. The minimum Gasteiger partial charge on any atom is -0.385 e. The molecule has 1 aromatic carbocycles. The topological polar surface area (TPSA) is 58.6 Å². The molecule has 0 spiro atoms. The summed E-state index contributed by atoms with van der Waals surface area (Å²) in [6.07, 6.45) is 0.937. The first-order valence-corrected chi connectivity index (χ1v) is 7.69. The van der Waals surface area contributed by atoms with Crippen molar-refractivity contribution in [3.8, 4) is 0 Å². The van der Waals surface area contributed by atoms with Crippen molar-refractivity contribution < 1.29 is 14.3 Å². The molecule has 2 amide bonds. The van der Waals surface area contributed by atoms with Crippen LogP contribution in [0.5, 0.6) is 0 Å². The average molecular weight is 347 g/mol. The summed E-state index contributed by atoms with van der Waals surface area (Å²) in [5, 5.41) is 3.59. The van der Waals surface area contributed by atoms with E-state index in [9.17, 15) is 9.59 Å². The first kappa shape index (κ1) is 18.7. The van der Waals surface area contributed by atoms with Gasteiger partial charge in [-0.15, -0.1) is 0 Å². The molecule has 0 saturated heterocycles. The molecule has 0 bridgehead atoms. The van der Waals surface area contributed by atoms with Crippen LogP contribution in [0.15, 0.2) is 18.2 Å². The standard InChI is InChI=1S/C15H20Cl2N2O3/c1-11(20)19(7-3-9-22-2)8-6-15(21)18-14-5-4-12(16)10-13(14)17/h4-5,10H,3,6-9H2,1-2H3,(H,18,21). The van der Waals surface area contributed by atoms with Gasteiger partial charge in [0.25, 0.3) is 0 Å². The molecule has 0 aliphatic heterocycles. The van der Waals surface area contributed by atoms with Crippen molar-refractivity contribution in [2.45, 2.75) is 19.8 Å². The van der Waals surface area contributed by atoms with Gasteiger partial charge in [0.1, 0.15) is 0 Å². The molecule has 1 aromatic rings. The highest BCUT2D eigenvalue weighted by atomic mass is 35.5. The fourth-order valence-corrected chi connectivity index (χ4v) is 2.32. The maximum Gasteiger partial charge on any atom is 0.226 e. The van der Waals surface area contributed by atoms with Crippen molar-refractivity contribution in [1.29, 1.82) is 0 Å². The van der Waals surface area contributed by atoms with Gasteiger partial charge in [-0.2, -0.15) is 0 Å². The molecule has 0 radical (unpaired) electrons. The second-order valence-electron chi connectivity index (χ2n) is 4.77. The van der Waals surface area contributed by atoms with Crippen molar-refractivity contribution in [3.05, 3.63) is 28.2 Å². The molecule has 22 heavy (non-hydrogen) atoms. The molecule has 0 aliphatic rings. The largest absolute Gasteiger partial charge is 0.385 e. The molecule has 0 aromatic heterocycles. The van der Waals surface area contributed by atoms with E-state index in [1.54, 1.807) is 30.2 Å². The van der Waals surface area contributed by atoms with Gasteiger partial charge < -0.3 is 15.0 Å². The molecule has 0 fully saturated rings. The van der Waals surface area contributed by atoms with Gasteiger partial charge in [-0.1, -0.05) is 23.2 Å². The van der Waals surface area contributed by atoms with E-state index >= 15 is 0 Å². The Morgan fingerprint density at radius 1 is 1.27 bits per heavy atom. The zero-order chi connectivity index (χ0) is 16.5. The van der Waals surface area contributed by atoms with Crippen LogP contribution in [-0.4, -0.2) is 43.5 Å². The summed E-state index contributed by atoms with van der Waals surface area (Å²) in [5.41, 5.74) is 0.504. The van der Waals surface area contributed by atoms with Crippen LogP contribution in [0.4, 0.5) is 5.69 Å². The van der Waals surface area contributed by atoms with Gasteiger partial charge in [0.15, 0.2) is 0 Å². The molecule has 7 heteroatoms. The summed E-state index contributed by atoms with van der Waals surface area (Å²) in [6, 6.07) is 4.85. The van der Waals surface area contributed by atoms with Crippen molar-refractivity contribution in [1.82, 2.24) is 4.90 Å². The number of benzene rings is 1. The van der Waals surface area contributed by atoms with Gasteiger partial charge in [-0.05, 0) is 24.6 Å². The summed E-state index contributed by atoms with van der Waals surface area (Å²) in [5.74, 6) is -0.268. The van der Waals surface area contributed by atoms with Crippen LogP contribution in [0.25, 0.3) is 0 Å². The van der Waals surface area contributed by atoms with E-state index in [4.69, 9.17) is 27.9 Å². The first-order chi connectivity index (χ1) is 10.4. The SMILES string of the molecule is COCCCN(CCC(=O)Nc1ccc(Cl)cc1Cl)C(C)=O. The number of amides is 2. The zero-order valence-corrected chi connectivity index (χ0v) is 14.2. The lowest BCUT2D eigenvalue weighted by Gasteiger charge is -2.20.